The number of nitrogens with zero attached hydrogens (tertiary/aromatic N) is 2. The normalized spacial score (nSPS) is 11.1. The van der Waals surface area contributed by atoms with Gasteiger partial charge in [0.15, 0.2) is 0 Å². The lowest BCUT2D eigenvalue weighted by atomic mass is 10.1. The number of fused-ring (bicyclic) bond motifs is 1. The number of carbonyl (C=O) groups is 1. The Morgan fingerprint density at radius 1 is 1.19 bits per heavy atom. The molecule has 1 amide bonds. The maximum atomic E-state index is 13.2. The highest BCUT2D eigenvalue weighted by Gasteiger charge is 2.18. The Hall–Kier alpha value is -2.67. The second-order valence-corrected chi connectivity index (χ2v) is 7.55. The van der Waals surface area contributed by atoms with Gasteiger partial charge in [0.1, 0.15) is 11.2 Å². The molecule has 7 heteroatoms. The SMILES string of the molecule is CCCCNC(=O)Cn1c(=O)n(-c2cc(C)ccc2C)c(=O)c2sccc21. The topological polar surface area (TPSA) is 73.1 Å². The zero-order chi connectivity index (χ0) is 19.6. The predicted molar refractivity (Wildman–Crippen MR) is 109 cm³/mol. The van der Waals surface area contributed by atoms with Crippen LogP contribution in [0.5, 0.6) is 0 Å². The molecular formula is C20H23N3O3S. The molecule has 0 radical (unpaired) electrons. The van der Waals surface area contributed by atoms with Crippen molar-refractivity contribution in [1.82, 2.24) is 14.5 Å². The first-order chi connectivity index (χ1) is 12.9. The van der Waals surface area contributed by atoms with E-state index in [9.17, 15) is 14.4 Å². The maximum absolute atomic E-state index is 13.2. The molecule has 0 aliphatic carbocycles. The standard InChI is InChI=1S/C20H23N3O3S/c1-4-5-9-21-17(24)12-22-15-8-10-27-18(15)19(25)23(20(22)26)16-11-13(2)6-7-14(16)3/h6-8,10-11H,4-5,9,12H2,1-3H3,(H,21,24). The molecule has 0 atom stereocenters. The highest BCUT2D eigenvalue weighted by molar-refractivity contribution is 7.17. The Bertz CT molecular complexity index is 1110. The van der Waals surface area contributed by atoms with E-state index >= 15 is 0 Å². The maximum Gasteiger partial charge on any atom is 0.336 e. The van der Waals surface area contributed by atoms with E-state index in [4.69, 9.17) is 0 Å². The predicted octanol–water partition coefficient (Wildman–Crippen LogP) is 2.75. The van der Waals surface area contributed by atoms with E-state index in [1.807, 2.05) is 39.0 Å². The van der Waals surface area contributed by atoms with Crippen molar-refractivity contribution in [3.63, 3.8) is 0 Å². The first-order valence-corrected chi connectivity index (χ1v) is 9.89. The monoisotopic (exact) mass is 385 g/mol. The quantitative estimate of drug-likeness (QED) is 0.663. The highest BCUT2D eigenvalue weighted by Crippen LogP contribution is 2.18. The molecule has 2 heterocycles. The van der Waals surface area contributed by atoms with Gasteiger partial charge in [-0.3, -0.25) is 14.2 Å². The van der Waals surface area contributed by atoms with Gasteiger partial charge in [0.05, 0.1) is 11.2 Å². The van der Waals surface area contributed by atoms with Crippen molar-refractivity contribution >= 4 is 27.5 Å². The van der Waals surface area contributed by atoms with Gasteiger partial charge in [-0.2, -0.15) is 0 Å². The van der Waals surface area contributed by atoms with Gasteiger partial charge >= 0.3 is 5.69 Å². The van der Waals surface area contributed by atoms with Crippen molar-refractivity contribution in [2.45, 2.75) is 40.2 Å². The zero-order valence-corrected chi connectivity index (χ0v) is 16.6. The van der Waals surface area contributed by atoms with Crippen LogP contribution < -0.4 is 16.6 Å². The molecule has 1 aromatic carbocycles. The van der Waals surface area contributed by atoms with Crippen LogP contribution in [-0.4, -0.2) is 21.6 Å². The van der Waals surface area contributed by atoms with Gasteiger partial charge in [-0.1, -0.05) is 25.5 Å². The number of rotatable bonds is 6. The Morgan fingerprint density at radius 2 is 1.96 bits per heavy atom. The largest absolute Gasteiger partial charge is 0.355 e. The van der Waals surface area contributed by atoms with Crippen LogP contribution in [0, 0.1) is 13.8 Å². The molecule has 0 saturated heterocycles. The summed E-state index contributed by atoms with van der Waals surface area (Å²) in [5, 5.41) is 4.60. The van der Waals surface area contributed by atoms with Crippen LogP contribution in [0.4, 0.5) is 0 Å². The Balaban J connectivity index is 2.16. The summed E-state index contributed by atoms with van der Waals surface area (Å²) in [6.07, 6.45) is 1.86. The van der Waals surface area contributed by atoms with E-state index in [0.29, 0.717) is 22.4 Å². The first-order valence-electron chi connectivity index (χ1n) is 9.01. The molecule has 142 valence electrons. The molecule has 27 heavy (non-hydrogen) atoms. The number of nitrogens with one attached hydrogen (secondary N) is 1. The number of amides is 1. The van der Waals surface area contributed by atoms with Crippen LogP contribution in [0.1, 0.15) is 30.9 Å². The van der Waals surface area contributed by atoms with Crippen LogP contribution in [0.25, 0.3) is 15.9 Å². The molecule has 3 aromatic rings. The summed E-state index contributed by atoms with van der Waals surface area (Å²) in [6, 6.07) is 7.36. The molecule has 2 aromatic heterocycles. The molecule has 0 spiro atoms. The number of hydrogen-bond acceptors (Lipinski definition) is 4. The Morgan fingerprint density at radius 3 is 2.70 bits per heavy atom. The van der Waals surface area contributed by atoms with Gasteiger partial charge < -0.3 is 5.32 Å². The second kappa shape index (κ2) is 7.92. The fraction of sp³-hybridized carbons (Fsp3) is 0.350. The lowest BCUT2D eigenvalue weighted by molar-refractivity contribution is -0.121. The fourth-order valence-electron chi connectivity index (χ4n) is 3.02. The second-order valence-electron chi connectivity index (χ2n) is 6.64. The van der Waals surface area contributed by atoms with Gasteiger partial charge in [0, 0.05) is 6.54 Å². The van der Waals surface area contributed by atoms with E-state index in [2.05, 4.69) is 5.32 Å². The molecule has 6 nitrogen and oxygen atoms in total. The number of benzene rings is 1. The molecular weight excluding hydrogens is 362 g/mol. The van der Waals surface area contributed by atoms with E-state index in [0.717, 1.165) is 24.0 Å². The average Bonchev–Trinajstić information content (AvgIpc) is 3.12. The molecule has 3 rings (SSSR count). The lowest BCUT2D eigenvalue weighted by Crippen LogP contribution is -2.41. The summed E-state index contributed by atoms with van der Waals surface area (Å²) >= 11 is 1.28. The molecule has 0 bridgehead atoms. The van der Waals surface area contributed by atoms with E-state index in [1.54, 1.807) is 11.4 Å². The summed E-state index contributed by atoms with van der Waals surface area (Å²) in [5.74, 6) is -0.232. The molecule has 0 aliphatic rings. The molecule has 0 saturated carbocycles. The average molecular weight is 385 g/mol. The third kappa shape index (κ3) is 3.73. The minimum Gasteiger partial charge on any atom is -0.355 e. The summed E-state index contributed by atoms with van der Waals surface area (Å²) in [6.45, 7) is 6.29. The van der Waals surface area contributed by atoms with Crippen molar-refractivity contribution in [3.8, 4) is 5.69 Å². The van der Waals surface area contributed by atoms with Crippen molar-refractivity contribution in [1.29, 1.82) is 0 Å². The fourth-order valence-corrected chi connectivity index (χ4v) is 3.84. The summed E-state index contributed by atoms with van der Waals surface area (Å²) in [7, 11) is 0. The molecule has 0 unspecified atom stereocenters. The highest BCUT2D eigenvalue weighted by atomic mass is 32.1. The van der Waals surface area contributed by atoms with Crippen LogP contribution in [0.15, 0.2) is 39.2 Å². The van der Waals surface area contributed by atoms with Crippen LogP contribution in [0.3, 0.4) is 0 Å². The van der Waals surface area contributed by atoms with Crippen LogP contribution in [0.2, 0.25) is 0 Å². The Kier molecular flexibility index (Phi) is 5.60. The number of hydrogen-bond donors (Lipinski definition) is 1. The summed E-state index contributed by atoms with van der Waals surface area (Å²) < 4.78 is 3.04. The zero-order valence-electron chi connectivity index (χ0n) is 15.7. The van der Waals surface area contributed by atoms with E-state index in [1.165, 1.54) is 20.5 Å². The van der Waals surface area contributed by atoms with Gasteiger partial charge in [0.25, 0.3) is 5.56 Å². The third-order valence-corrected chi connectivity index (χ3v) is 5.41. The Labute approximate surface area is 161 Å². The van der Waals surface area contributed by atoms with Crippen molar-refractivity contribution in [2.75, 3.05) is 6.54 Å². The number of unbranched alkanes of at least 4 members (excludes halogenated alkanes) is 1. The van der Waals surface area contributed by atoms with Gasteiger partial charge in [-0.15, -0.1) is 11.3 Å². The molecule has 0 aliphatic heterocycles. The number of carbonyl (C=O) groups excluding carboxylic acids is 1. The van der Waals surface area contributed by atoms with Gasteiger partial charge in [0.2, 0.25) is 5.91 Å². The van der Waals surface area contributed by atoms with E-state index < -0.39 is 5.69 Å². The van der Waals surface area contributed by atoms with Crippen molar-refractivity contribution in [2.24, 2.45) is 0 Å². The molecule has 1 N–H and O–H groups in total. The van der Waals surface area contributed by atoms with Crippen molar-refractivity contribution in [3.05, 3.63) is 61.6 Å². The summed E-state index contributed by atoms with van der Waals surface area (Å²) in [5.41, 5.74) is 2.00. The minimum atomic E-state index is -0.495. The third-order valence-electron chi connectivity index (χ3n) is 4.51. The first kappa shape index (κ1) is 19.1. The van der Waals surface area contributed by atoms with Crippen molar-refractivity contribution < 1.29 is 4.79 Å². The van der Waals surface area contributed by atoms with Gasteiger partial charge in [-0.05, 0) is 48.9 Å². The van der Waals surface area contributed by atoms with Crippen LogP contribution >= 0.6 is 11.3 Å². The lowest BCUT2D eigenvalue weighted by Gasteiger charge is -2.14. The minimum absolute atomic E-state index is 0.110. The van der Waals surface area contributed by atoms with Gasteiger partial charge in [-0.25, -0.2) is 9.36 Å². The number of thiophene rings is 1. The smallest absolute Gasteiger partial charge is 0.336 e. The summed E-state index contributed by atoms with van der Waals surface area (Å²) in [4.78, 5) is 38.5. The van der Waals surface area contributed by atoms with Crippen LogP contribution in [-0.2, 0) is 11.3 Å². The number of aromatic nitrogens is 2. The van der Waals surface area contributed by atoms with E-state index in [-0.39, 0.29) is 18.0 Å². The number of aryl methyl sites for hydroxylation is 2. The molecule has 0 fully saturated rings.